The highest BCUT2D eigenvalue weighted by Gasteiger charge is 2.30. The van der Waals surface area contributed by atoms with Crippen LogP contribution in [0.4, 0.5) is 4.39 Å². The summed E-state index contributed by atoms with van der Waals surface area (Å²) in [5.41, 5.74) is 2.60. The van der Waals surface area contributed by atoms with Gasteiger partial charge in [-0.2, -0.15) is 10.1 Å². The molecule has 1 fully saturated rings. The smallest absolute Gasteiger partial charge is 0.304 e. The minimum Gasteiger partial charge on any atom is -0.388 e. The Morgan fingerprint density at radius 1 is 1.13 bits per heavy atom. The maximum atomic E-state index is 15.9. The van der Waals surface area contributed by atoms with Crippen molar-refractivity contribution in [2.45, 2.75) is 96.8 Å². The minimum absolute atomic E-state index is 0.0136. The third-order valence-electron chi connectivity index (χ3n) is 8.58. The van der Waals surface area contributed by atoms with Crippen molar-refractivity contribution < 1.29 is 24.2 Å². The van der Waals surface area contributed by atoms with Crippen LogP contribution >= 0.6 is 0 Å². The lowest BCUT2D eigenvalue weighted by atomic mass is 9.92. The van der Waals surface area contributed by atoms with Crippen molar-refractivity contribution >= 4 is 11.6 Å². The Hall–Kier alpha value is -4.13. The Labute approximate surface area is 266 Å². The number of aliphatic hydroxyl groups is 2. The first-order chi connectivity index (χ1) is 22.0. The molecule has 6 rings (SSSR count). The van der Waals surface area contributed by atoms with Gasteiger partial charge in [-0.15, -0.1) is 0 Å². The van der Waals surface area contributed by atoms with Crippen LogP contribution in [-0.2, 0) is 22.4 Å². The van der Waals surface area contributed by atoms with Crippen molar-refractivity contribution in [3.8, 4) is 11.1 Å². The largest absolute Gasteiger partial charge is 0.388 e. The van der Waals surface area contributed by atoms with Gasteiger partial charge in [0.25, 0.3) is 5.56 Å². The van der Waals surface area contributed by atoms with Crippen LogP contribution < -0.4 is 10.9 Å². The number of oxime groups is 1. The number of nitrogens with one attached hydrogen (secondary N) is 1. The lowest BCUT2D eigenvalue weighted by Gasteiger charge is -2.32. The molecule has 2 aromatic heterocycles. The number of rotatable bonds is 10. The summed E-state index contributed by atoms with van der Waals surface area (Å²) >= 11 is 0. The molecular formula is C34H41FN6O5. The number of halogens is 1. The molecule has 1 aliphatic carbocycles. The maximum Gasteiger partial charge on any atom is 0.304 e. The van der Waals surface area contributed by atoms with Gasteiger partial charge < -0.3 is 25.1 Å². The van der Waals surface area contributed by atoms with E-state index in [4.69, 9.17) is 9.57 Å². The van der Waals surface area contributed by atoms with Crippen molar-refractivity contribution in [3.63, 3.8) is 0 Å². The van der Waals surface area contributed by atoms with E-state index >= 15 is 4.39 Å². The van der Waals surface area contributed by atoms with E-state index in [1.54, 1.807) is 29.0 Å². The zero-order valence-corrected chi connectivity index (χ0v) is 26.7. The molecule has 244 valence electrons. The molecule has 0 saturated heterocycles. The van der Waals surface area contributed by atoms with Crippen molar-refractivity contribution in [1.29, 1.82) is 0 Å². The van der Waals surface area contributed by atoms with Crippen molar-refractivity contribution in [1.82, 2.24) is 24.5 Å². The van der Waals surface area contributed by atoms with Crippen LogP contribution in [0.5, 0.6) is 0 Å². The van der Waals surface area contributed by atoms with E-state index in [0.717, 1.165) is 37.8 Å². The Kier molecular flexibility index (Phi) is 8.95. The first-order valence-electron chi connectivity index (χ1n) is 15.9. The molecule has 0 radical (unpaired) electrons. The van der Waals surface area contributed by atoms with Gasteiger partial charge in [0, 0.05) is 23.6 Å². The summed E-state index contributed by atoms with van der Waals surface area (Å²) in [5, 5.41) is 31.1. The van der Waals surface area contributed by atoms with Gasteiger partial charge in [-0.1, -0.05) is 54.9 Å². The number of nitrogens with zero attached hydrogens (tertiary/aromatic N) is 5. The number of hydrogen-bond acceptors (Lipinski definition) is 9. The van der Waals surface area contributed by atoms with Crippen LogP contribution in [-0.4, -0.2) is 59.9 Å². The zero-order chi connectivity index (χ0) is 32.6. The van der Waals surface area contributed by atoms with Gasteiger partial charge in [0.1, 0.15) is 11.6 Å². The van der Waals surface area contributed by atoms with Crippen molar-refractivity contribution in [3.05, 3.63) is 86.8 Å². The van der Waals surface area contributed by atoms with Crippen LogP contribution in [0.2, 0.25) is 0 Å². The highest BCUT2D eigenvalue weighted by Crippen LogP contribution is 2.32. The zero-order valence-electron chi connectivity index (χ0n) is 26.7. The molecule has 3 N–H and O–H groups in total. The van der Waals surface area contributed by atoms with Crippen LogP contribution in [0.1, 0.15) is 87.1 Å². The molecule has 0 spiro atoms. The summed E-state index contributed by atoms with van der Waals surface area (Å²) in [7, 11) is 0. The van der Waals surface area contributed by atoms with Gasteiger partial charge in [-0.3, -0.25) is 9.36 Å². The predicted molar refractivity (Wildman–Crippen MR) is 171 cm³/mol. The van der Waals surface area contributed by atoms with Crippen LogP contribution in [0.25, 0.3) is 16.9 Å². The van der Waals surface area contributed by atoms with E-state index in [1.165, 1.54) is 6.07 Å². The first kappa shape index (κ1) is 31.8. The molecule has 1 atom stereocenters. The van der Waals surface area contributed by atoms with Gasteiger partial charge in [0.2, 0.25) is 5.78 Å². The average Bonchev–Trinajstić information content (AvgIpc) is 3.63. The quantitative estimate of drug-likeness (QED) is 0.235. The summed E-state index contributed by atoms with van der Waals surface area (Å²) < 4.78 is 25.4. The van der Waals surface area contributed by atoms with Gasteiger partial charge in [-0.25, -0.2) is 8.91 Å². The molecule has 4 aromatic rings. The number of ether oxygens (including phenoxy) is 1. The van der Waals surface area contributed by atoms with E-state index in [0.29, 0.717) is 51.7 Å². The molecule has 1 aliphatic heterocycles. The van der Waals surface area contributed by atoms with Gasteiger partial charge in [0.05, 0.1) is 24.0 Å². The molecule has 46 heavy (non-hydrogen) atoms. The van der Waals surface area contributed by atoms with Crippen molar-refractivity contribution in [2.24, 2.45) is 5.16 Å². The van der Waals surface area contributed by atoms with E-state index in [9.17, 15) is 15.0 Å². The number of aliphatic hydroxyl groups excluding tert-OH is 1. The standard InChI is InChI=1S/C34H41FN6O5/c1-5-8-29-27(17-22-12-11-21(18-28(22)35)25-9-6-7-10-26(25)30-37-33(43)46-39-30)31(42)40(32-36-20(2)38-41(29)32)23-13-15-24(16-14-23)45-19-34(3,4)44/h6-7,9-12,18,23-24,33,43-44H,5,8,13-17,19H2,1-4H3,(H,37,39)/t23-,24-,33?. The average molecular weight is 633 g/mol. The molecule has 1 unspecified atom stereocenters. The van der Waals surface area contributed by atoms with Crippen LogP contribution in [0.3, 0.4) is 0 Å². The lowest BCUT2D eigenvalue weighted by molar-refractivity contribution is -0.0896. The Bertz CT molecular complexity index is 1820. The van der Waals surface area contributed by atoms with Gasteiger partial charge in [-0.05, 0) is 75.6 Å². The summed E-state index contributed by atoms with van der Waals surface area (Å²) in [5.74, 6) is 1.00. The lowest BCUT2D eigenvalue weighted by Crippen LogP contribution is -2.36. The van der Waals surface area contributed by atoms with E-state index in [1.807, 2.05) is 44.2 Å². The third kappa shape index (κ3) is 6.55. The second-order valence-corrected chi connectivity index (χ2v) is 12.8. The molecule has 3 heterocycles. The fourth-order valence-corrected chi connectivity index (χ4v) is 6.41. The number of hydrogen-bond donors (Lipinski definition) is 3. The molecule has 12 heteroatoms. The molecule has 1 saturated carbocycles. The Morgan fingerprint density at radius 2 is 1.87 bits per heavy atom. The number of fused-ring (bicyclic) bond motifs is 1. The fraction of sp³-hybridized carbons (Fsp3) is 0.471. The first-order valence-corrected chi connectivity index (χ1v) is 15.9. The number of amidine groups is 1. The van der Waals surface area contributed by atoms with Gasteiger partial charge in [0.15, 0.2) is 5.84 Å². The van der Waals surface area contributed by atoms with E-state index in [-0.39, 0.29) is 30.7 Å². The number of aromatic nitrogens is 4. The van der Waals surface area contributed by atoms with E-state index < -0.39 is 17.8 Å². The molecule has 0 bridgehead atoms. The summed E-state index contributed by atoms with van der Waals surface area (Å²) in [6.45, 7) is 7.56. The molecule has 0 amide bonds. The molecule has 2 aliphatic rings. The Morgan fingerprint density at radius 3 is 2.52 bits per heavy atom. The van der Waals surface area contributed by atoms with Crippen LogP contribution in [0.15, 0.2) is 52.4 Å². The van der Waals surface area contributed by atoms with E-state index in [2.05, 4.69) is 20.6 Å². The second kappa shape index (κ2) is 12.9. The fourth-order valence-electron chi connectivity index (χ4n) is 6.41. The summed E-state index contributed by atoms with van der Waals surface area (Å²) in [4.78, 5) is 23.9. The number of aryl methyl sites for hydroxylation is 2. The summed E-state index contributed by atoms with van der Waals surface area (Å²) in [6.07, 6.45) is 3.20. The minimum atomic E-state index is -1.24. The highest BCUT2D eigenvalue weighted by molar-refractivity contribution is 6.04. The second-order valence-electron chi connectivity index (χ2n) is 12.8. The highest BCUT2D eigenvalue weighted by atomic mass is 19.1. The summed E-state index contributed by atoms with van der Waals surface area (Å²) in [6, 6.07) is 12.3. The normalized spacial score (nSPS) is 20.1. The maximum absolute atomic E-state index is 15.9. The Balaban J connectivity index is 1.34. The third-order valence-corrected chi connectivity index (χ3v) is 8.58. The predicted octanol–water partition coefficient (Wildman–Crippen LogP) is 4.38. The monoisotopic (exact) mass is 632 g/mol. The number of benzene rings is 2. The SMILES string of the molecule is CCCc1c(Cc2ccc(-c3ccccc3C3=NOC(O)N3)cc2F)c(=O)n([C@H]2CC[C@H](OCC(C)(C)O)CC2)c2nc(C)nn12. The molecule has 2 aromatic carbocycles. The topological polar surface area (TPSA) is 136 Å². The van der Waals surface area contributed by atoms with Crippen LogP contribution in [0, 0.1) is 12.7 Å². The van der Waals surface area contributed by atoms with Gasteiger partial charge >= 0.3 is 6.41 Å². The molecular weight excluding hydrogens is 591 g/mol. The van der Waals surface area contributed by atoms with Crippen molar-refractivity contribution in [2.75, 3.05) is 6.61 Å². The molecule has 11 nitrogen and oxygen atoms in total.